The zero-order chi connectivity index (χ0) is 16.2. The summed E-state index contributed by atoms with van der Waals surface area (Å²) in [5.74, 6) is -2.43. The van der Waals surface area contributed by atoms with E-state index in [0.29, 0.717) is 18.9 Å². The number of ether oxygens (including phenoxy) is 1. The van der Waals surface area contributed by atoms with Gasteiger partial charge in [-0.3, -0.25) is 0 Å². The van der Waals surface area contributed by atoms with E-state index in [-0.39, 0.29) is 65.1 Å². The van der Waals surface area contributed by atoms with Gasteiger partial charge in [0.05, 0.1) is 19.2 Å². The molecule has 1 N–H and O–H groups in total. The minimum absolute atomic E-state index is 0. The molecular formula is C15H14N4Na2O4. The molecule has 1 aromatic carbocycles. The molecule has 0 saturated carbocycles. The summed E-state index contributed by atoms with van der Waals surface area (Å²) in [5.41, 5.74) is 1.22. The van der Waals surface area contributed by atoms with Crippen LogP contribution in [0.1, 0.15) is 10.4 Å². The first kappa shape index (κ1) is 22.2. The minimum Gasteiger partial charge on any atom is -0.858 e. The van der Waals surface area contributed by atoms with Crippen molar-refractivity contribution in [1.29, 1.82) is 0 Å². The van der Waals surface area contributed by atoms with Crippen molar-refractivity contribution in [2.24, 2.45) is 0 Å². The first-order valence-electron chi connectivity index (χ1n) is 7.08. The molecule has 1 aliphatic heterocycles. The summed E-state index contributed by atoms with van der Waals surface area (Å²) in [6, 6.07) is 7.57. The van der Waals surface area contributed by atoms with Crippen LogP contribution >= 0.6 is 0 Å². The van der Waals surface area contributed by atoms with Crippen molar-refractivity contribution in [2.45, 2.75) is 0 Å². The van der Waals surface area contributed by atoms with Crippen LogP contribution in [0.3, 0.4) is 0 Å². The van der Waals surface area contributed by atoms with Crippen molar-refractivity contribution in [2.75, 3.05) is 36.5 Å². The van der Waals surface area contributed by atoms with Crippen LogP contribution in [0.25, 0.3) is 0 Å². The average molecular weight is 360 g/mol. The number of rotatable bonds is 4. The Kier molecular flexibility index (Phi) is 9.15. The third-order valence-electron chi connectivity index (χ3n) is 3.47. The molecule has 1 saturated heterocycles. The van der Waals surface area contributed by atoms with Gasteiger partial charge < -0.3 is 30.0 Å². The molecule has 1 fully saturated rings. The molecule has 10 heteroatoms. The number of benzene rings is 1. The van der Waals surface area contributed by atoms with Gasteiger partial charge in [-0.25, -0.2) is 9.97 Å². The largest absolute Gasteiger partial charge is 1.00 e. The molecule has 1 aromatic heterocycles. The minimum atomic E-state index is -1.59. The average Bonchev–Trinajstić information content (AvgIpc) is 2.56. The fourth-order valence-electron chi connectivity index (χ4n) is 2.27. The maximum Gasteiger partial charge on any atom is 1.00 e. The van der Waals surface area contributed by atoms with Gasteiger partial charge in [-0.15, -0.1) is 0 Å². The number of carboxylic acid groups (broad SMARTS) is 1. The number of carboxylic acids is 1. The molecule has 0 amide bonds. The predicted molar refractivity (Wildman–Crippen MR) is 78.6 cm³/mol. The van der Waals surface area contributed by atoms with Gasteiger partial charge in [0.2, 0.25) is 5.95 Å². The normalized spacial score (nSPS) is 13.4. The smallest absolute Gasteiger partial charge is 0.858 e. The van der Waals surface area contributed by atoms with Gasteiger partial charge >= 0.3 is 59.1 Å². The summed E-state index contributed by atoms with van der Waals surface area (Å²) in [4.78, 5) is 20.2. The summed E-state index contributed by atoms with van der Waals surface area (Å²) in [7, 11) is 0. The number of anilines is 3. The van der Waals surface area contributed by atoms with Gasteiger partial charge in [0.1, 0.15) is 0 Å². The number of nitrogens with zero attached hydrogens (tertiary/aromatic N) is 3. The Balaban J connectivity index is 0.00000156. The quantitative estimate of drug-likeness (QED) is 0.536. The van der Waals surface area contributed by atoms with E-state index in [0.717, 1.165) is 25.0 Å². The van der Waals surface area contributed by atoms with E-state index in [1.165, 1.54) is 0 Å². The Morgan fingerprint density at radius 1 is 1.16 bits per heavy atom. The van der Waals surface area contributed by atoms with E-state index < -0.39 is 17.4 Å². The van der Waals surface area contributed by atoms with Crippen molar-refractivity contribution >= 4 is 23.3 Å². The maximum absolute atomic E-state index is 11.5. The SMILES string of the molecule is O=C([O-])c1cnc(Nc2ccc(N3CCOCC3)cc2)nc1[O-].[Na+].[Na+]. The fraction of sp³-hybridized carbons (Fsp3) is 0.267. The maximum atomic E-state index is 11.5. The van der Waals surface area contributed by atoms with Gasteiger partial charge in [-0.2, -0.15) is 0 Å². The van der Waals surface area contributed by atoms with Crippen molar-refractivity contribution in [3.63, 3.8) is 0 Å². The van der Waals surface area contributed by atoms with E-state index in [2.05, 4.69) is 20.2 Å². The molecule has 0 bridgehead atoms. The van der Waals surface area contributed by atoms with Crippen molar-refractivity contribution in [3.8, 4) is 5.88 Å². The van der Waals surface area contributed by atoms with Gasteiger partial charge in [0, 0.05) is 42.1 Å². The first-order valence-corrected chi connectivity index (χ1v) is 7.08. The molecule has 0 unspecified atom stereocenters. The molecule has 8 nitrogen and oxygen atoms in total. The monoisotopic (exact) mass is 360 g/mol. The fourth-order valence-corrected chi connectivity index (χ4v) is 2.27. The zero-order valence-electron chi connectivity index (χ0n) is 14.2. The summed E-state index contributed by atoms with van der Waals surface area (Å²) in [5, 5.41) is 25.0. The number of hydrogen-bond acceptors (Lipinski definition) is 8. The number of carbonyl (C=O) groups excluding carboxylic acids is 1. The zero-order valence-corrected chi connectivity index (χ0v) is 18.2. The molecule has 0 spiro atoms. The standard InChI is InChI=1S/C15H16N4O4.2Na/c20-13-12(14(21)22)9-16-15(18-13)17-10-1-3-11(4-2-10)19-5-7-23-8-6-19;;/h1-4,9H,5-8H2,(H,21,22)(H2,16,17,18,20);;/q;2*+1/p-2. The molecule has 2 heterocycles. The Bertz CT molecular complexity index is 709. The molecule has 0 aliphatic carbocycles. The number of morpholine rings is 1. The van der Waals surface area contributed by atoms with E-state index in [4.69, 9.17) is 4.74 Å². The molecule has 0 atom stereocenters. The van der Waals surface area contributed by atoms with Crippen LogP contribution < -0.4 is 79.5 Å². The van der Waals surface area contributed by atoms with Crippen LogP contribution in [-0.4, -0.2) is 42.2 Å². The van der Waals surface area contributed by atoms with E-state index in [1.807, 2.05) is 24.3 Å². The predicted octanol–water partition coefficient (Wildman–Crippen LogP) is -6.50. The molecule has 120 valence electrons. The van der Waals surface area contributed by atoms with Gasteiger partial charge in [0.15, 0.2) is 0 Å². The van der Waals surface area contributed by atoms with Gasteiger partial charge in [-0.05, 0) is 24.3 Å². The molecule has 1 aliphatic rings. The first-order chi connectivity index (χ1) is 11.1. The second kappa shape index (κ2) is 10.3. The van der Waals surface area contributed by atoms with Crippen molar-refractivity contribution in [3.05, 3.63) is 36.0 Å². The van der Waals surface area contributed by atoms with Crippen LogP contribution in [0.4, 0.5) is 17.3 Å². The van der Waals surface area contributed by atoms with Crippen LogP contribution in [0.5, 0.6) is 5.88 Å². The van der Waals surface area contributed by atoms with E-state index in [9.17, 15) is 15.0 Å². The van der Waals surface area contributed by atoms with Crippen LogP contribution in [0.2, 0.25) is 0 Å². The van der Waals surface area contributed by atoms with E-state index >= 15 is 0 Å². The number of aromatic nitrogens is 2. The molecule has 3 rings (SSSR count). The Labute approximate surface area is 189 Å². The number of carbonyl (C=O) groups is 1. The summed E-state index contributed by atoms with van der Waals surface area (Å²) in [6.45, 7) is 3.12. The van der Waals surface area contributed by atoms with Gasteiger partial charge in [-0.1, -0.05) is 0 Å². The number of nitrogens with one attached hydrogen (secondary N) is 1. The summed E-state index contributed by atoms with van der Waals surface area (Å²) in [6.07, 6.45) is 0.940. The number of hydrogen-bond donors (Lipinski definition) is 1. The van der Waals surface area contributed by atoms with Crippen LogP contribution in [0, 0.1) is 0 Å². The third-order valence-corrected chi connectivity index (χ3v) is 3.47. The summed E-state index contributed by atoms with van der Waals surface area (Å²) >= 11 is 0. The van der Waals surface area contributed by atoms with Crippen LogP contribution in [-0.2, 0) is 4.74 Å². The van der Waals surface area contributed by atoms with E-state index in [1.54, 1.807) is 0 Å². The van der Waals surface area contributed by atoms with Gasteiger partial charge in [0.25, 0.3) is 0 Å². The van der Waals surface area contributed by atoms with Crippen molar-refractivity contribution in [1.82, 2.24) is 9.97 Å². The Hall–Kier alpha value is -0.870. The topological polar surface area (TPSA) is 113 Å². The number of aromatic carboxylic acids is 1. The van der Waals surface area contributed by atoms with Crippen molar-refractivity contribution < 1.29 is 78.9 Å². The molecule has 0 radical (unpaired) electrons. The molecule has 2 aromatic rings. The second-order valence-corrected chi connectivity index (χ2v) is 4.97. The Morgan fingerprint density at radius 3 is 2.36 bits per heavy atom. The molecular weight excluding hydrogens is 346 g/mol. The van der Waals surface area contributed by atoms with Crippen LogP contribution in [0.15, 0.2) is 30.5 Å². The Morgan fingerprint density at radius 2 is 1.80 bits per heavy atom. The molecule has 25 heavy (non-hydrogen) atoms. The second-order valence-electron chi connectivity index (χ2n) is 4.97. The third kappa shape index (κ3) is 5.82. The summed E-state index contributed by atoms with van der Waals surface area (Å²) < 4.78 is 5.32.